The molecule has 1 saturated heterocycles. The van der Waals surface area contributed by atoms with Crippen LogP contribution in [0.15, 0.2) is 18.6 Å². The Hall–Kier alpha value is -1.79. The van der Waals surface area contributed by atoms with Gasteiger partial charge in [0.1, 0.15) is 6.33 Å². The van der Waals surface area contributed by atoms with Gasteiger partial charge in [0, 0.05) is 42.3 Å². The molecule has 118 valence electrons. The summed E-state index contributed by atoms with van der Waals surface area (Å²) in [4.78, 5) is 10.9. The van der Waals surface area contributed by atoms with Crippen LogP contribution in [0, 0.1) is 13.8 Å². The van der Waals surface area contributed by atoms with Crippen LogP contribution >= 0.6 is 0 Å². The SMILES string of the molecule is Cc1cc(CC[C@@H]2CN(Cc3cn[nH]c3C)CCO2)ncn1. The molecule has 0 spiro atoms. The first-order valence-electron chi connectivity index (χ1n) is 7.81. The Bertz CT molecular complexity index is 612. The second-order valence-corrected chi connectivity index (χ2v) is 5.94. The quantitative estimate of drug-likeness (QED) is 0.909. The molecule has 1 fully saturated rings. The monoisotopic (exact) mass is 301 g/mol. The van der Waals surface area contributed by atoms with Gasteiger partial charge in [-0.15, -0.1) is 0 Å². The van der Waals surface area contributed by atoms with Crippen molar-refractivity contribution in [1.82, 2.24) is 25.1 Å². The number of H-pyrrole nitrogens is 1. The number of ether oxygens (including phenoxy) is 1. The maximum atomic E-state index is 5.90. The summed E-state index contributed by atoms with van der Waals surface area (Å²) in [7, 11) is 0. The van der Waals surface area contributed by atoms with E-state index < -0.39 is 0 Å². The van der Waals surface area contributed by atoms with Crippen LogP contribution in [0.4, 0.5) is 0 Å². The fourth-order valence-corrected chi connectivity index (χ4v) is 2.83. The van der Waals surface area contributed by atoms with Crippen LogP contribution in [0.3, 0.4) is 0 Å². The molecule has 6 heteroatoms. The maximum absolute atomic E-state index is 5.90. The molecule has 3 heterocycles. The van der Waals surface area contributed by atoms with Crippen LogP contribution in [0.2, 0.25) is 0 Å². The summed E-state index contributed by atoms with van der Waals surface area (Å²) in [5.74, 6) is 0. The van der Waals surface area contributed by atoms with Gasteiger partial charge in [0.15, 0.2) is 0 Å². The fourth-order valence-electron chi connectivity index (χ4n) is 2.83. The first kappa shape index (κ1) is 15.1. The molecule has 0 aromatic carbocycles. The molecule has 0 bridgehead atoms. The van der Waals surface area contributed by atoms with Crippen molar-refractivity contribution in [2.24, 2.45) is 0 Å². The molecule has 0 amide bonds. The molecular formula is C16H23N5O. The van der Waals surface area contributed by atoms with Crippen LogP contribution in [0.5, 0.6) is 0 Å². The maximum Gasteiger partial charge on any atom is 0.115 e. The molecule has 3 rings (SSSR count). The van der Waals surface area contributed by atoms with Gasteiger partial charge >= 0.3 is 0 Å². The lowest BCUT2D eigenvalue weighted by molar-refractivity contribution is -0.0347. The minimum absolute atomic E-state index is 0.274. The average molecular weight is 301 g/mol. The van der Waals surface area contributed by atoms with Crippen molar-refractivity contribution < 1.29 is 4.74 Å². The Morgan fingerprint density at radius 1 is 1.36 bits per heavy atom. The number of morpholine rings is 1. The van der Waals surface area contributed by atoms with Crippen molar-refractivity contribution in [3.8, 4) is 0 Å². The highest BCUT2D eigenvalue weighted by molar-refractivity contribution is 5.14. The van der Waals surface area contributed by atoms with E-state index in [-0.39, 0.29) is 6.10 Å². The number of aromatic amines is 1. The lowest BCUT2D eigenvalue weighted by Gasteiger charge is -2.32. The van der Waals surface area contributed by atoms with Gasteiger partial charge in [0.25, 0.3) is 0 Å². The minimum Gasteiger partial charge on any atom is -0.376 e. The first-order chi connectivity index (χ1) is 10.7. The van der Waals surface area contributed by atoms with E-state index in [1.807, 2.05) is 13.1 Å². The van der Waals surface area contributed by atoms with Crippen LogP contribution in [0.25, 0.3) is 0 Å². The van der Waals surface area contributed by atoms with Crippen LogP contribution in [-0.4, -0.2) is 50.9 Å². The van der Waals surface area contributed by atoms with E-state index >= 15 is 0 Å². The average Bonchev–Trinajstić information content (AvgIpc) is 2.91. The van der Waals surface area contributed by atoms with Crippen molar-refractivity contribution in [3.05, 3.63) is 41.2 Å². The number of aromatic nitrogens is 4. The highest BCUT2D eigenvalue weighted by atomic mass is 16.5. The van der Waals surface area contributed by atoms with E-state index in [1.165, 1.54) is 5.56 Å². The zero-order valence-electron chi connectivity index (χ0n) is 13.2. The zero-order valence-corrected chi connectivity index (χ0v) is 13.2. The highest BCUT2D eigenvalue weighted by Gasteiger charge is 2.21. The molecule has 0 aliphatic carbocycles. The second kappa shape index (κ2) is 6.98. The van der Waals surface area contributed by atoms with Gasteiger partial charge < -0.3 is 4.74 Å². The molecule has 1 aliphatic heterocycles. The van der Waals surface area contributed by atoms with Crippen molar-refractivity contribution >= 4 is 0 Å². The van der Waals surface area contributed by atoms with Crippen LogP contribution in [-0.2, 0) is 17.7 Å². The summed E-state index contributed by atoms with van der Waals surface area (Å²) in [6, 6.07) is 2.05. The first-order valence-corrected chi connectivity index (χ1v) is 7.81. The molecule has 22 heavy (non-hydrogen) atoms. The topological polar surface area (TPSA) is 66.9 Å². The van der Waals surface area contributed by atoms with Gasteiger partial charge in [-0.05, 0) is 32.8 Å². The normalized spacial score (nSPS) is 19.5. The van der Waals surface area contributed by atoms with E-state index in [4.69, 9.17) is 4.74 Å². The predicted molar refractivity (Wildman–Crippen MR) is 83.4 cm³/mol. The smallest absolute Gasteiger partial charge is 0.115 e. The molecule has 0 radical (unpaired) electrons. The lowest BCUT2D eigenvalue weighted by atomic mass is 10.1. The zero-order chi connectivity index (χ0) is 15.4. The van der Waals surface area contributed by atoms with E-state index in [0.29, 0.717) is 0 Å². The molecule has 2 aromatic rings. The van der Waals surface area contributed by atoms with Gasteiger partial charge in [-0.25, -0.2) is 9.97 Å². The van der Waals surface area contributed by atoms with Gasteiger partial charge in [-0.3, -0.25) is 10.00 Å². The molecule has 2 aromatic heterocycles. The van der Waals surface area contributed by atoms with Gasteiger partial charge in [0.2, 0.25) is 0 Å². The molecule has 0 unspecified atom stereocenters. The van der Waals surface area contributed by atoms with Crippen molar-refractivity contribution in [1.29, 1.82) is 0 Å². The molecular weight excluding hydrogens is 278 g/mol. The summed E-state index contributed by atoms with van der Waals surface area (Å²) in [5, 5.41) is 7.09. The van der Waals surface area contributed by atoms with E-state index in [9.17, 15) is 0 Å². The summed E-state index contributed by atoms with van der Waals surface area (Å²) < 4.78 is 5.90. The highest BCUT2D eigenvalue weighted by Crippen LogP contribution is 2.15. The fraction of sp³-hybridized carbons (Fsp3) is 0.562. The third-order valence-corrected chi connectivity index (χ3v) is 4.13. The van der Waals surface area contributed by atoms with Gasteiger partial charge in [-0.1, -0.05) is 0 Å². The summed E-state index contributed by atoms with van der Waals surface area (Å²) >= 11 is 0. The third kappa shape index (κ3) is 3.90. The number of rotatable bonds is 5. The Balaban J connectivity index is 1.51. The number of nitrogens with one attached hydrogen (secondary N) is 1. The molecule has 1 atom stereocenters. The number of hydrogen-bond donors (Lipinski definition) is 1. The molecule has 6 nitrogen and oxygen atoms in total. The summed E-state index contributed by atoms with van der Waals surface area (Å²) in [6.07, 6.45) is 5.77. The largest absolute Gasteiger partial charge is 0.376 e. The Morgan fingerprint density at radius 3 is 3.05 bits per heavy atom. The number of nitrogens with zero attached hydrogens (tertiary/aromatic N) is 4. The van der Waals surface area contributed by atoms with Crippen molar-refractivity contribution in [3.63, 3.8) is 0 Å². The molecule has 1 N–H and O–H groups in total. The Morgan fingerprint density at radius 2 is 2.27 bits per heavy atom. The second-order valence-electron chi connectivity index (χ2n) is 5.94. The summed E-state index contributed by atoms with van der Waals surface area (Å²) in [6.45, 7) is 7.75. The van der Waals surface area contributed by atoms with Crippen LogP contribution < -0.4 is 0 Å². The Labute approximate surface area is 130 Å². The number of aryl methyl sites for hydroxylation is 3. The lowest BCUT2D eigenvalue weighted by Crippen LogP contribution is -2.42. The van der Waals surface area contributed by atoms with Gasteiger partial charge in [0.05, 0.1) is 18.9 Å². The van der Waals surface area contributed by atoms with Crippen LogP contribution in [0.1, 0.15) is 29.1 Å². The Kier molecular flexibility index (Phi) is 4.80. The predicted octanol–water partition coefficient (Wildman–Crippen LogP) is 1.65. The molecule has 1 aliphatic rings. The summed E-state index contributed by atoms with van der Waals surface area (Å²) in [5.41, 5.74) is 4.54. The van der Waals surface area contributed by atoms with E-state index in [1.54, 1.807) is 6.33 Å². The van der Waals surface area contributed by atoms with Crippen molar-refractivity contribution in [2.75, 3.05) is 19.7 Å². The van der Waals surface area contributed by atoms with Crippen molar-refractivity contribution in [2.45, 2.75) is 39.3 Å². The minimum atomic E-state index is 0.274. The molecule has 0 saturated carbocycles. The van der Waals surface area contributed by atoms with E-state index in [0.717, 1.165) is 56.2 Å². The van der Waals surface area contributed by atoms with Gasteiger partial charge in [-0.2, -0.15) is 5.10 Å². The third-order valence-electron chi connectivity index (χ3n) is 4.13. The standard InChI is InChI=1S/C16H23N5O/c1-12-7-15(18-11-17-12)3-4-16-10-21(5-6-22-16)9-14-8-19-20-13(14)2/h7-8,11,16H,3-6,9-10H2,1-2H3,(H,19,20)/t16-/m1/s1. The van der Waals surface area contributed by atoms with E-state index in [2.05, 4.69) is 38.1 Å². The number of hydrogen-bond acceptors (Lipinski definition) is 5.